The van der Waals surface area contributed by atoms with Gasteiger partial charge in [0.1, 0.15) is 5.69 Å². The van der Waals surface area contributed by atoms with Gasteiger partial charge in [-0.25, -0.2) is 0 Å². The molecule has 136 valence electrons. The van der Waals surface area contributed by atoms with Gasteiger partial charge in [-0.2, -0.15) is 5.10 Å². The fraction of sp³-hybridized carbons (Fsp3) is 0.0870. The van der Waals surface area contributed by atoms with Crippen LogP contribution in [-0.4, -0.2) is 27.6 Å². The maximum atomic E-state index is 13.1. The molecule has 28 heavy (non-hydrogen) atoms. The molecule has 0 unspecified atom stereocenters. The third-order valence-corrected chi connectivity index (χ3v) is 5.11. The van der Waals surface area contributed by atoms with Crippen LogP contribution in [0.15, 0.2) is 79.1 Å². The van der Waals surface area contributed by atoms with Gasteiger partial charge in [-0.05, 0) is 53.4 Å². The molecule has 0 radical (unpaired) electrons. The molecule has 1 N–H and O–H groups in total. The molecule has 5 nitrogen and oxygen atoms in total. The summed E-state index contributed by atoms with van der Waals surface area (Å²) in [6, 6.07) is 21.9. The molecular weight excluding hydrogens is 348 g/mol. The first-order valence-electron chi connectivity index (χ1n) is 9.25. The summed E-state index contributed by atoms with van der Waals surface area (Å²) >= 11 is 0. The van der Waals surface area contributed by atoms with Crippen molar-refractivity contribution in [3.05, 3.63) is 90.4 Å². The highest BCUT2D eigenvalue weighted by molar-refractivity contribution is 6.06. The quantitative estimate of drug-likeness (QED) is 0.587. The molecule has 1 aliphatic heterocycles. The van der Waals surface area contributed by atoms with Crippen LogP contribution < -0.4 is 4.90 Å². The number of fused-ring (bicyclic) bond motifs is 1. The Morgan fingerprint density at radius 3 is 2.54 bits per heavy atom. The van der Waals surface area contributed by atoms with Crippen molar-refractivity contribution in [1.82, 2.24) is 15.2 Å². The molecule has 0 fully saturated rings. The van der Waals surface area contributed by atoms with Crippen molar-refractivity contribution in [2.75, 3.05) is 11.4 Å². The zero-order valence-electron chi connectivity index (χ0n) is 15.2. The van der Waals surface area contributed by atoms with Crippen LogP contribution in [0.5, 0.6) is 0 Å². The average molecular weight is 366 g/mol. The first-order chi connectivity index (χ1) is 13.8. The van der Waals surface area contributed by atoms with Crippen molar-refractivity contribution >= 4 is 11.6 Å². The lowest BCUT2D eigenvalue weighted by Gasteiger charge is -2.16. The van der Waals surface area contributed by atoms with E-state index in [0.29, 0.717) is 12.2 Å². The second-order valence-corrected chi connectivity index (χ2v) is 6.82. The van der Waals surface area contributed by atoms with Crippen molar-refractivity contribution in [1.29, 1.82) is 0 Å². The number of H-pyrrole nitrogens is 1. The van der Waals surface area contributed by atoms with Crippen LogP contribution in [0, 0.1) is 0 Å². The normalized spacial score (nSPS) is 12.8. The van der Waals surface area contributed by atoms with Gasteiger partial charge in [-0.1, -0.05) is 36.4 Å². The van der Waals surface area contributed by atoms with Gasteiger partial charge in [-0.3, -0.25) is 14.9 Å². The van der Waals surface area contributed by atoms with Crippen molar-refractivity contribution < 1.29 is 4.79 Å². The second-order valence-electron chi connectivity index (χ2n) is 6.82. The molecular formula is C23H18N4O. The van der Waals surface area contributed by atoms with Gasteiger partial charge < -0.3 is 4.90 Å². The molecule has 2 aromatic heterocycles. The highest BCUT2D eigenvalue weighted by atomic mass is 16.2. The molecule has 1 aliphatic rings. The van der Waals surface area contributed by atoms with Gasteiger partial charge in [0.25, 0.3) is 5.91 Å². The molecule has 1 amide bonds. The summed E-state index contributed by atoms with van der Waals surface area (Å²) in [6.07, 6.45) is 4.43. The van der Waals surface area contributed by atoms with Gasteiger partial charge in [0, 0.05) is 30.2 Å². The molecule has 0 bridgehead atoms. The Morgan fingerprint density at radius 1 is 0.893 bits per heavy atom. The van der Waals surface area contributed by atoms with Crippen molar-refractivity contribution in [2.45, 2.75) is 6.42 Å². The summed E-state index contributed by atoms with van der Waals surface area (Å²) in [4.78, 5) is 19.0. The third kappa shape index (κ3) is 2.87. The zero-order valence-corrected chi connectivity index (χ0v) is 15.2. The number of hydrogen-bond donors (Lipinski definition) is 1. The second kappa shape index (κ2) is 6.78. The molecule has 5 heteroatoms. The lowest BCUT2D eigenvalue weighted by molar-refractivity contribution is 0.0984. The lowest BCUT2D eigenvalue weighted by Crippen LogP contribution is -2.29. The van der Waals surface area contributed by atoms with E-state index in [1.54, 1.807) is 12.4 Å². The van der Waals surface area contributed by atoms with Crippen molar-refractivity contribution in [3.8, 4) is 22.4 Å². The molecule has 2 aromatic carbocycles. The Bertz CT molecular complexity index is 1140. The first kappa shape index (κ1) is 16.4. The van der Waals surface area contributed by atoms with E-state index in [2.05, 4.69) is 27.3 Å². The smallest absolute Gasteiger partial charge is 0.276 e. The van der Waals surface area contributed by atoms with Crippen LogP contribution in [0.3, 0.4) is 0 Å². The summed E-state index contributed by atoms with van der Waals surface area (Å²) in [5.41, 5.74) is 6.69. The number of rotatable bonds is 3. The predicted molar refractivity (Wildman–Crippen MR) is 109 cm³/mol. The van der Waals surface area contributed by atoms with Crippen LogP contribution in [0.2, 0.25) is 0 Å². The van der Waals surface area contributed by atoms with E-state index < -0.39 is 0 Å². The fourth-order valence-electron chi connectivity index (χ4n) is 3.67. The molecule has 0 spiro atoms. The minimum Gasteiger partial charge on any atom is -0.306 e. The molecule has 0 saturated heterocycles. The largest absolute Gasteiger partial charge is 0.306 e. The van der Waals surface area contributed by atoms with Crippen molar-refractivity contribution in [2.24, 2.45) is 0 Å². The van der Waals surface area contributed by atoms with E-state index in [9.17, 15) is 4.79 Å². The molecule has 5 rings (SSSR count). The lowest BCUT2D eigenvalue weighted by atomic mass is 10.0. The Hall–Kier alpha value is -3.73. The first-order valence-corrected chi connectivity index (χ1v) is 9.25. The number of aromatic nitrogens is 3. The highest BCUT2D eigenvalue weighted by Crippen LogP contribution is 2.33. The number of pyridine rings is 1. The number of aromatic amines is 1. The van der Waals surface area contributed by atoms with E-state index in [1.165, 1.54) is 5.56 Å². The summed E-state index contributed by atoms with van der Waals surface area (Å²) < 4.78 is 0. The Kier molecular flexibility index (Phi) is 3.98. The van der Waals surface area contributed by atoms with Gasteiger partial charge >= 0.3 is 0 Å². The predicted octanol–water partition coefficient (Wildman–Crippen LogP) is 4.34. The fourth-order valence-corrected chi connectivity index (χ4v) is 3.67. The zero-order chi connectivity index (χ0) is 18.9. The van der Waals surface area contributed by atoms with E-state index in [0.717, 1.165) is 34.5 Å². The van der Waals surface area contributed by atoms with Gasteiger partial charge in [0.05, 0.1) is 5.69 Å². The molecule has 0 aliphatic carbocycles. The van der Waals surface area contributed by atoms with Crippen LogP contribution in [-0.2, 0) is 6.42 Å². The van der Waals surface area contributed by atoms with E-state index in [1.807, 2.05) is 59.5 Å². The van der Waals surface area contributed by atoms with E-state index >= 15 is 0 Å². The van der Waals surface area contributed by atoms with E-state index in [4.69, 9.17) is 0 Å². The number of carbonyl (C=O) groups is 1. The minimum atomic E-state index is -0.0508. The number of nitrogens with one attached hydrogen (secondary N) is 1. The van der Waals surface area contributed by atoms with Gasteiger partial charge in [-0.15, -0.1) is 0 Å². The van der Waals surface area contributed by atoms with Gasteiger partial charge in [0.2, 0.25) is 0 Å². The number of hydrogen-bond acceptors (Lipinski definition) is 3. The van der Waals surface area contributed by atoms with Crippen LogP contribution in [0.4, 0.5) is 5.69 Å². The molecule has 4 aromatic rings. The van der Waals surface area contributed by atoms with E-state index in [-0.39, 0.29) is 5.91 Å². The minimum absolute atomic E-state index is 0.0508. The number of nitrogens with zero attached hydrogens (tertiary/aromatic N) is 3. The molecule has 0 saturated carbocycles. The summed E-state index contributed by atoms with van der Waals surface area (Å²) in [5, 5.41) is 7.21. The molecule has 3 heterocycles. The SMILES string of the molecule is O=C(c1cc(-c2ccccc2)n[nH]1)N1CCc2cc(-c3ccncc3)ccc21. The maximum Gasteiger partial charge on any atom is 0.276 e. The topological polar surface area (TPSA) is 61.9 Å². The summed E-state index contributed by atoms with van der Waals surface area (Å²) in [7, 11) is 0. The molecule has 0 atom stereocenters. The standard InChI is InChI=1S/C23H18N4O/c28-23(21-15-20(25-26-21)17-4-2-1-3-5-17)27-13-10-19-14-18(6-7-22(19)27)16-8-11-24-12-9-16/h1-9,11-12,14-15H,10,13H2,(H,25,26). The Balaban J connectivity index is 1.42. The summed E-state index contributed by atoms with van der Waals surface area (Å²) in [5.74, 6) is -0.0508. The number of anilines is 1. The van der Waals surface area contributed by atoms with Gasteiger partial charge in [0.15, 0.2) is 0 Å². The average Bonchev–Trinajstić information content (AvgIpc) is 3.42. The van der Waals surface area contributed by atoms with Crippen molar-refractivity contribution in [3.63, 3.8) is 0 Å². The van der Waals surface area contributed by atoms with Crippen LogP contribution in [0.25, 0.3) is 22.4 Å². The summed E-state index contributed by atoms with van der Waals surface area (Å²) in [6.45, 7) is 0.674. The van der Waals surface area contributed by atoms with Crippen LogP contribution in [0.1, 0.15) is 16.1 Å². The number of amides is 1. The highest BCUT2D eigenvalue weighted by Gasteiger charge is 2.27. The third-order valence-electron chi connectivity index (χ3n) is 5.11. The Morgan fingerprint density at radius 2 is 1.71 bits per heavy atom. The maximum absolute atomic E-state index is 13.1. The van der Waals surface area contributed by atoms with Crippen LogP contribution >= 0.6 is 0 Å². The number of benzene rings is 2. The monoisotopic (exact) mass is 366 g/mol. The Labute approximate surface area is 162 Å². The number of carbonyl (C=O) groups excluding carboxylic acids is 1.